The van der Waals surface area contributed by atoms with Crippen molar-refractivity contribution in [3.63, 3.8) is 0 Å². The van der Waals surface area contributed by atoms with Crippen LogP contribution in [0.25, 0.3) is 11.3 Å². The molecule has 284 valence electrons. The summed E-state index contributed by atoms with van der Waals surface area (Å²) in [4.78, 5) is 34.4. The third kappa shape index (κ3) is 9.50. The topological polar surface area (TPSA) is 116 Å². The first-order valence-corrected chi connectivity index (χ1v) is 18.1. The number of halogens is 4. The zero-order valence-electron chi connectivity index (χ0n) is 29.9. The van der Waals surface area contributed by atoms with Crippen LogP contribution in [0.3, 0.4) is 0 Å². The van der Waals surface area contributed by atoms with Gasteiger partial charge in [0.2, 0.25) is 0 Å². The molecule has 15 heteroatoms. The van der Waals surface area contributed by atoms with Crippen molar-refractivity contribution in [1.29, 1.82) is 0 Å². The summed E-state index contributed by atoms with van der Waals surface area (Å²) in [6, 6.07) is 17.2. The first-order chi connectivity index (χ1) is 25.7. The molecule has 0 bridgehead atoms. The molecule has 4 aromatic heterocycles. The fraction of sp³-hybridized carbons (Fsp3) is 0.333. The van der Waals surface area contributed by atoms with Crippen LogP contribution in [0, 0.1) is 11.6 Å². The summed E-state index contributed by atoms with van der Waals surface area (Å²) >= 11 is 5.72. The van der Waals surface area contributed by atoms with E-state index in [1.807, 2.05) is 30.3 Å². The normalized spacial score (nSPS) is 15.2. The van der Waals surface area contributed by atoms with E-state index in [1.165, 1.54) is 60.3 Å². The van der Waals surface area contributed by atoms with Crippen molar-refractivity contribution in [3.8, 4) is 0 Å². The smallest absolute Gasteiger partial charge is 0.343 e. The van der Waals surface area contributed by atoms with E-state index in [2.05, 4.69) is 25.1 Å². The van der Waals surface area contributed by atoms with E-state index in [0.717, 1.165) is 30.8 Å². The van der Waals surface area contributed by atoms with E-state index in [-0.39, 0.29) is 30.1 Å². The second-order valence-electron chi connectivity index (χ2n) is 12.6. The maximum atomic E-state index is 13.2. The quantitative estimate of drug-likeness (QED) is 0.116. The van der Waals surface area contributed by atoms with Gasteiger partial charge in [-0.1, -0.05) is 48.7 Å². The predicted octanol–water partition coefficient (Wildman–Crippen LogP) is 8.85. The number of fused-ring (bicyclic) bond motifs is 2. The number of rotatable bonds is 7. The first-order valence-electron chi connectivity index (χ1n) is 17.7. The van der Waals surface area contributed by atoms with Crippen molar-refractivity contribution < 1.29 is 27.8 Å². The van der Waals surface area contributed by atoms with Gasteiger partial charge in [0, 0.05) is 18.9 Å². The number of esters is 2. The van der Waals surface area contributed by atoms with E-state index >= 15 is 0 Å². The van der Waals surface area contributed by atoms with Gasteiger partial charge in [-0.3, -0.25) is 0 Å². The third-order valence-corrected chi connectivity index (χ3v) is 9.39. The van der Waals surface area contributed by atoms with Crippen LogP contribution in [0.1, 0.15) is 96.2 Å². The van der Waals surface area contributed by atoms with Gasteiger partial charge in [-0.15, -0.1) is 12.4 Å². The molecule has 0 N–H and O–H groups in total. The van der Waals surface area contributed by atoms with Crippen molar-refractivity contribution in [2.24, 2.45) is 0 Å². The summed E-state index contributed by atoms with van der Waals surface area (Å²) in [7, 11) is 0. The highest BCUT2D eigenvalue weighted by Gasteiger charge is 2.28. The summed E-state index contributed by atoms with van der Waals surface area (Å²) in [5, 5.41) is 8.44. The maximum absolute atomic E-state index is 13.2. The van der Waals surface area contributed by atoms with Gasteiger partial charge in [0.15, 0.2) is 11.3 Å². The van der Waals surface area contributed by atoms with Crippen LogP contribution in [0.2, 0.25) is 5.15 Å². The van der Waals surface area contributed by atoms with Crippen LogP contribution in [-0.4, -0.2) is 60.9 Å². The molecule has 1 aliphatic heterocycles. The van der Waals surface area contributed by atoms with Gasteiger partial charge in [0.1, 0.15) is 33.7 Å². The van der Waals surface area contributed by atoms with E-state index in [1.54, 1.807) is 49.0 Å². The fourth-order valence-corrected chi connectivity index (χ4v) is 6.77. The van der Waals surface area contributed by atoms with Crippen LogP contribution in [0.5, 0.6) is 0 Å². The monoisotopic (exact) mass is 779 g/mol. The summed E-state index contributed by atoms with van der Waals surface area (Å²) in [5.41, 5.74) is 3.93. The van der Waals surface area contributed by atoms with Crippen molar-refractivity contribution in [2.45, 2.75) is 64.3 Å². The van der Waals surface area contributed by atoms with Crippen LogP contribution in [-0.2, 0) is 9.47 Å². The minimum absolute atomic E-state index is 0. The third-order valence-electron chi connectivity index (χ3n) is 9.18. The highest BCUT2D eigenvalue weighted by Crippen LogP contribution is 2.36. The van der Waals surface area contributed by atoms with Crippen LogP contribution < -0.4 is 4.90 Å². The molecule has 1 saturated heterocycles. The highest BCUT2D eigenvalue weighted by atomic mass is 35.5. The first kappa shape index (κ1) is 40.1. The lowest BCUT2D eigenvalue weighted by atomic mass is 9.98. The van der Waals surface area contributed by atoms with Gasteiger partial charge < -0.3 is 14.4 Å². The SMILES string of the molecule is CCOC(=O)c1cnn2ccc(Cl)nc12.CCOC(=O)c1cnn2ccc(N3CCCC3c3ccc(F)cc3)nc12.Cl.Fc1ccc(C2CCCC2)cc1. The van der Waals surface area contributed by atoms with Gasteiger partial charge >= 0.3 is 11.9 Å². The molecule has 5 heterocycles. The Kier molecular flexibility index (Phi) is 13.9. The van der Waals surface area contributed by atoms with E-state index in [0.29, 0.717) is 46.7 Å². The molecule has 1 aliphatic carbocycles. The molecule has 1 unspecified atom stereocenters. The van der Waals surface area contributed by atoms with Gasteiger partial charge in [0.05, 0.1) is 31.6 Å². The molecule has 2 aliphatic rings. The molecule has 0 amide bonds. The Morgan fingerprint density at radius 3 is 1.80 bits per heavy atom. The molecule has 0 spiro atoms. The second-order valence-corrected chi connectivity index (χ2v) is 13.0. The fourth-order valence-electron chi connectivity index (χ4n) is 6.64. The number of carbonyl (C=O) groups excluding carboxylic acids is 2. The van der Waals surface area contributed by atoms with Crippen molar-refractivity contribution in [1.82, 2.24) is 29.2 Å². The molecule has 2 fully saturated rings. The van der Waals surface area contributed by atoms with Crippen molar-refractivity contribution >= 4 is 53.1 Å². The predicted molar refractivity (Wildman–Crippen MR) is 203 cm³/mol. The number of hydrogen-bond acceptors (Lipinski definition) is 9. The number of carbonyl (C=O) groups is 2. The summed E-state index contributed by atoms with van der Waals surface area (Å²) in [5.74, 6) is 0.236. The molecule has 6 aromatic rings. The van der Waals surface area contributed by atoms with E-state index in [4.69, 9.17) is 21.1 Å². The highest BCUT2D eigenvalue weighted by molar-refractivity contribution is 6.29. The van der Waals surface area contributed by atoms with Crippen molar-refractivity contribution in [3.05, 3.63) is 124 Å². The Balaban J connectivity index is 0.000000170. The summed E-state index contributed by atoms with van der Waals surface area (Å²) < 4.78 is 38.8. The molecular formula is C39H41Cl2F2N7O4. The van der Waals surface area contributed by atoms with Crippen LogP contribution in [0.4, 0.5) is 14.6 Å². The number of nitrogens with zero attached hydrogens (tertiary/aromatic N) is 7. The van der Waals surface area contributed by atoms with Crippen LogP contribution in [0.15, 0.2) is 85.5 Å². The molecule has 11 nitrogen and oxygen atoms in total. The minimum Gasteiger partial charge on any atom is -0.462 e. The van der Waals surface area contributed by atoms with E-state index in [9.17, 15) is 18.4 Å². The second kappa shape index (κ2) is 18.8. The molecule has 8 rings (SSSR count). The van der Waals surface area contributed by atoms with Gasteiger partial charge in [-0.05, 0) is 93.0 Å². The number of hydrogen-bond donors (Lipinski definition) is 0. The zero-order valence-corrected chi connectivity index (χ0v) is 31.5. The van der Waals surface area contributed by atoms with Crippen molar-refractivity contribution in [2.75, 3.05) is 24.7 Å². The Labute approximate surface area is 322 Å². The van der Waals surface area contributed by atoms with Gasteiger partial charge in [-0.25, -0.2) is 37.4 Å². The molecule has 1 saturated carbocycles. The molecule has 54 heavy (non-hydrogen) atoms. The molecule has 1 atom stereocenters. The number of aromatic nitrogens is 6. The Bertz CT molecular complexity index is 2160. The Morgan fingerprint density at radius 2 is 1.24 bits per heavy atom. The Morgan fingerprint density at radius 1 is 0.722 bits per heavy atom. The average molecular weight is 781 g/mol. The molecular weight excluding hydrogens is 739 g/mol. The van der Waals surface area contributed by atoms with Gasteiger partial charge in [0.25, 0.3) is 0 Å². The summed E-state index contributed by atoms with van der Waals surface area (Å²) in [6.07, 6.45) is 13.6. The number of ether oxygens (including phenoxy) is 2. The lowest BCUT2D eigenvalue weighted by molar-refractivity contribution is 0.0518. The molecule has 2 aromatic carbocycles. The lowest BCUT2D eigenvalue weighted by Crippen LogP contribution is -2.24. The maximum Gasteiger partial charge on any atom is 0.343 e. The Hall–Kier alpha value is -5.14. The number of benzene rings is 2. The van der Waals surface area contributed by atoms with Gasteiger partial charge in [-0.2, -0.15) is 10.2 Å². The largest absolute Gasteiger partial charge is 0.462 e. The van der Waals surface area contributed by atoms with Crippen LogP contribution >= 0.6 is 24.0 Å². The summed E-state index contributed by atoms with van der Waals surface area (Å²) in [6.45, 7) is 4.98. The van der Waals surface area contributed by atoms with E-state index < -0.39 is 11.9 Å². The lowest BCUT2D eigenvalue weighted by Gasteiger charge is -2.26. The average Bonchev–Trinajstić information content (AvgIpc) is 4.00. The number of anilines is 1. The standard InChI is InChI=1S/C19H19FN4O2.C11H13F.C9H8ClN3O2.ClH/c1-2-26-19(25)15-12-21-24-11-9-17(22-18(15)24)23-10-3-4-16(23)13-5-7-14(20)8-6-13;12-11-7-5-10(6-8-11)9-3-1-2-4-9;1-2-15-9(14)6-5-11-13-4-3-7(10)12-8(6)13;/h5-9,11-12,16H,2-4,10H2,1H3;5-9H,1-4H2;3-5H,2H2,1H3;1H. The molecule has 0 radical (unpaired) electrons. The minimum atomic E-state index is -0.442. The zero-order chi connectivity index (χ0) is 37.3.